The molecule has 0 aliphatic rings. The summed E-state index contributed by atoms with van der Waals surface area (Å²) in [5.41, 5.74) is 2.45. The smallest absolute Gasteiger partial charge is 0.191 e. The number of likely N-dealkylation sites (N-methyl/N-ethyl adjacent to an activating group) is 1. The van der Waals surface area contributed by atoms with E-state index in [4.69, 9.17) is 9.47 Å². The number of guanidine groups is 1. The second-order valence-electron chi connectivity index (χ2n) is 5.79. The first kappa shape index (κ1) is 23.9. The van der Waals surface area contributed by atoms with Gasteiger partial charge >= 0.3 is 0 Å². The quantitative estimate of drug-likeness (QED) is 0.315. The summed E-state index contributed by atoms with van der Waals surface area (Å²) in [5.74, 6) is 1.76. The summed E-state index contributed by atoms with van der Waals surface area (Å²) >= 11 is 0. The Bertz CT molecular complexity index is 512. The zero-order valence-corrected chi connectivity index (χ0v) is 18.4. The van der Waals surface area contributed by atoms with Crippen molar-refractivity contribution >= 4 is 29.9 Å². The molecule has 7 heteroatoms. The lowest BCUT2D eigenvalue weighted by molar-refractivity contribution is 0.162. The Labute approximate surface area is 169 Å². The molecule has 0 heterocycles. The van der Waals surface area contributed by atoms with Crippen molar-refractivity contribution in [2.24, 2.45) is 4.99 Å². The van der Waals surface area contributed by atoms with E-state index in [1.165, 1.54) is 11.1 Å². The van der Waals surface area contributed by atoms with Gasteiger partial charge in [0.05, 0.1) is 13.7 Å². The van der Waals surface area contributed by atoms with E-state index >= 15 is 0 Å². The normalized spacial score (nSPS) is 11.2. The molecule has 144 valence electrons. The van der Waals surface area contributed by atoms with E-state index in [-0.39, 0.29) is 24.0 Å². The zero-order valence-electron chi connectivity index (χ0n) is 16.1. The standard InChI is InChI=1S/C18H32N4O2.HI/c1-15-6-7-17(24-5)16(14-15)8-9-20-18(19-2)21-10-11-22(3)12-13-23-4;/h6-7,14H,8-13H2,1-5H3,(H2,19,20,21);1H. The lowest BCUT2D eigenvalue weighted by Gasteiger charge is -2.18. The Hall–Kier alpha value is -1.06. The molecule has 1 rings (SSSR count). The minimum Gasteiger partial charge on any atom is -0.496 e. The van der Waals surface area contributed by atoms with Gasteiger partial charge in [0.25, 0.3) is 0 Å². The third-order valence-electron chi connectivity index (χ3n) is 3.81. The molecule has 25 heavy (non-hydrogen) atoms. The number of hydrogen-bond donors (Lipinski definition) is 2. The molecule has 0 unspecified atom stereocenters. The Morgan fingerprint density at radius 3 is 2.52 bits per heavy atom. The van der Waals surface area contributed by atoms with Crippen LogP contribution in [0.1, 0.15) is 11.1 Å². The predicted molar refractivity (Wildman–Crippen MR) is 116 cm³/mol. The van der Waals surface area contributed by atoms with Gasteiger partial charge in [-0.1, -0.05) is 17.7 Å². The fourth-order valence-corrected chi connectivity index (χ4v) is 2.36. The van der Waals surface area contributed by atoms with E-state index in [1.807, 2.05) is 6.07 Å². The molecule has 0 aliphatic carbocycles. The molecule has 1 aromatic rings. The molecule has 2 N–H and O–H groups in total. The molecule has 0 aliphatic heterocycles. The van der Waals surface area contributed by atoms with Crippen molar-refractivity contribution < 1.29 is 9.47 Å². The fourth-order valence-electron chi connectivity index (χ4n) is 2.36. The van der Waals surface area contributed by atoms with Crippen LogP contribution in [0.2, 0.25) is 0 Å². The third kappa shape index (κ3) is 9.86. The van der Waals surface area contributed by atoms with Gasteiger partial charge in [0.1, 0.15) is 5.75 Å². The molecule has 0 fully saturated rings. The van der Waals surface area contributed by atoms with Crippen LogP contribution in [0.4, 0.5) is 0 Å². The first-order valence-corrected chi connectivity index (χ1v) is 8.36. The second kappa shape index (κ2) is 14.1. The van der Waals surface area contributed by atoms with Gasteiger partial charge in [0.2, 0.25) is 0 Å². The number of rotatable bonds is 10. The lowest BCUT2D eigenvalue weighted by atomic mass is 10.1. The molecule has 0 saturated heterocycles. The average Bonchev–Trinajstić information content (AvgIpc) is 2.58. The monoisotopic (exact) mass is 464 g/mol. The van der Waals surface area contributed by atoms with Crippen LogP contribution in [0.3, 0.4) is 0 Å². The molecule has 0 amide bonds. The number of hydrogen-bond acceptors (Lipinski definition) is 4. The van der Waals surface area contributed by atoms with E-state index in [2.05, 4.69) is 46.6 Å². The number of aliphatic imine (C=N–C) groups is 1. The van der Waals surface area contributed by atoms with Crippen molar-refractivity contribution in [1.82, 2.24) is 15.5 Å². The topological polar surface area (TPSA) is 58.1 Å². The molecule has 0 radical (unpaired) electrons. The number of ether oxygens (including phenoxy) is 2. The van der Waals surface area contributed by atoms with Gasteiger partial charge in [0.15, 0.2) is 5.96 Å². The lowest BCUT2D eigenvalue weighted by Crippen LogP contribution is -2.42. The van der Waals surface area contributed by atoms with E-state index in [0.717, 1.165) is 50.9 Å². The zero-order chi connectivity index (χ0) is 17.8. The van der Waals surface area contributed by atoms with Gasteiger partial charge in [-0.05, 0) is 32.0 Å². The van der Waals surface area contributed by atoms with Crippen LogP contribution in [0.25, 0.3) is 0 Å². The van der Waals surface area contributed by atoms with Crippen molar-refractivity contribution in [3.05, 3.63) is 29.3 Å². The van der Waals surface area contributed by atoms with Gasteiger partial charge in [-0.2, -0.15) is 0 Å². The Morgan fingerprint density at radius 2 is 1.88 bits per heavy atom. The van der Waals surface area contributed by atoms with Crippen LogP contribution in [-0.4, -0.2) is 72.0 Å². The predicted octanol–water partition coefficient (Wildman–Crippen LogP) is 1.91. The minimum absolute atomic E-state index is 0. The van der Waals surface area contributed by atoms with Gasteiger partial charge in [-0.15, -0.1) is 24.0 Å². The second-order valence-corrected chi connectivity index (χ2v) is 5.79. The summed E-state index contributed by atoms with van der Waals surface area (Å²) in [6.45, 7) is 6.36. The highest BCUT2D eigenvalue weighted by molar-refractivity contribution is 14.0. The molecule has 0 atom stereocenters. The van der Waals surface area contributed by atoms with Crippen molar-refractivity contribution in [3.63, 3.8) is 0 Å². The molecule has 0 bridgehead atoms. The number of aryl methyl sites for hydroxylation is 1. The van der Waals surface area contributed by atoms with E-state index in [0.29, 0.717) is 0 Å². The molecule has 6 nitrogen and oxygen atoms in total. The minimum atomic E-state index is 0. The van der Waals surface area contributed by atoms with Crippen LogP contribution in [0.5, 0.6) is 5.75 Å². The summed E-state index contributed by atoms with van der Waals surface area (Å²) in [4.78, 5) is 6.48. The summed E-state index contributed by atoms with van der Waals surface area (Å²) < 4.78 is 10.5. The van der Waals surface area contributed by atoms with Crippen LogP contribution >= 0.6 is 24.0 Å². The number of methoxy groups -OCH3 is 2. The largest absolute Gasteiger partial charge is 0.496 e. The summed E-state index contributed by atoms with van der Waals surface area (Å²) in [5, 5.41) is 6.67. The Balaban J connectivity index is 0.00000576. The molecule has 0 saturated carbocycles. The maximum absolute atomic E-state index is 5.42. The Morgan fingerprint density at radius 1 is 1.16 bits per heavy atom. The van der Waals surface area contributed by atoms with Gasteiger partial charge < -0.3 is 25.0 Å². The molecular formula is C18H33IN4O2. The Kier molecular flexibility index (Phi) is 13.5. The number of halogens is 1. The SMILES string of the molecule is CN=C(NCCc1cc(C)ccc1OC)NCCN(C)CCOC.I. The highest BCUT2D eigenvalue weighted by atomic mass is 127. The molecule has 0 spiro atoms. The number of nitrogens with zero attached hydrogens (tertiary/aromatic N) is 2. The third-order valence-corrected chi connectivity index (χ3v) is 3.81. The van der Waals surface area contributed by atoms with Crippen molar-refractivity contribution in [2.45, 2.75) is 13.3 Å². The summed E-state index contributed by atoms with van der Waals surface area (Å²) in [7, 11) is 7.31. The van der Waals surface area contributed by atoms with E-state index in [1.54, 1.807) is 21.3 Å². The first-order chi connectivity index (χ1) is 11.6. The van der Waals surface area contributed by atoms with Crippen LogP contribution in [0.15, 0.2) is 23.2 Å². The maximum Gasteiger partial charge on any atom is 0.191 e. The molecular weight excluding hydrogens is 431 g/mol. The number of nitrogens with one attached hydrogen (secondary N) is 2. The van der Waals surface area contributed by atoms with Crippen LogP contribution in [-0.2, 0) is 11.2 Å². The molecule has 1 aromatic carbocycles. The van der Waals surface area contributed by atoms with Crippen molar-refractivity contribution in [2.75, 3.05) is 61.1 Å². The fraction of sp³-hybridized carbons (Fsp3) is 0.611. The van der Waals surface area contributed by atoms with Crippen molar-refractivity contribution in [3.8, 4) is 5.75 Å². The first-order valence-electron chi connectivity index (χ1n) is 8.36. The average molecular weight is 464 g/mol. The highest BCUT2D eigenvalue weighted by Gasteiger charge is 2.04. The van der Waals surface area contributed by atoms with Gasteiger partial charge in [-0.25, -0.2) is 0 Å². The summed E-state index contributed by atoms with van der Waals surface area (Å²) in [6, 6.07) is 6.26. The maximum atomic E-state index is 5.42. The van der Waals surface area contributed by atoms with Gasteiger partial charge in [0, 0.05) is 40.3 Å². The molecule has 0 aromatic heterocycles. The van der Waals surface area contributed by atoms with Crippen LogP contribution < -0.4 is 15.4 Å². The van der Waals surface area contributed by atoms with Crippen molar-refractivity contribution in [1.29, 1.82) is 0 Å². The van der Waals surface area contributed by atoms with E-state index < -0.39 is 0 Å². The van der Waals surface area contributed by atoms with Crippen LogP contribution in [0, 0.1) is 6.92 Å². The summed E-state index contributed by atoms with van der Waals surface area (Å²) in [6.07, 6.45) is 0.888. The number of benzene rings is 1. The van der Waals surface area contributed by atoms with E-state index in [9.17, 15) is 0 Å². The van der Waals surface area contributed by atoms with Gasteiger partial charge in [-0.3, -0.25) is 4.99 Å². The highest BCUT2D eigenvalue weighted by Crippen LogP contribution is 2.19.